The van der Waals surface area contributed by atoms with Crippen LogP contribution in [0, 0.1) is 0 Å². The second-order valence-corrected chi connectivity index (χ2v) is 4.18. The van der Waals surface area contributed by atoms with E-state index in [9.17, 15) is 4.79 Å². The Balaban J connectivity index is 1.69. The number of ether oxygens (including phenoxy) is 1. The Bertz CT molecular complexity index is 350. The molecule has 2 heterocycles. The molecule has 2 rings (SSSR count). The van der Waals surface area contributed by atoms with Crippen molar-refractivity contribution < 1.29 is 9.53 Å². The number of hydrogen-bond donors (Lipinski definition) is 1. The highest BCUT2D eigenvalue weighted by molar-refractivity contribution is 5.94. The van der Waals surface area contributed by atoms with Gasteiger partial charge in [-0.05, 0) is 19.4 Å². The Morgan fingerprint density at radius 2 is 2.41 bits per heavy atom. The molecule has 0 aliphatic carbocycles. The Labute approximate surface area is 101 Å². The van der Waals surface area contributed by atoms with Gasteiger partial charge in [-0.3, -0.25) is 9.78 Å². The molecule has 0 spiro atoms. The fraction of sp³-hybridized carbons (Fsp3) is 0.583. The fourth-order valence-electron chi connectivity index (χ4n) is 1.88. The Hall–Kier alpha value is -1.33. The van der Waals surface area contributed by atoms with Gasteiger partial charge in [0, 0.05) is 18.4 Å². The Morgan fingerprint density at radius 1 is 1.47 bits per heavy atom. The van der Waals surface area contributed by atoms with E-state index in [2.05, 4.69) is 15.3 Å². The van der Waals surface area contributed by atoms with E-state index < -0.39 is 0 Å². The Kier molecular flexibility index (Phi) is 4.58. The molecule has 0 radical (unpaired) electrons. The molecule has 1 fully saturated rings. The van der Waals surface area contributed by atoms with Crippen molar-refractivity contribution in [1.29, 1.82) is 0 Å². The second-order valence-electron chi connectivity index (χ2n) is 4.18. The summed E-state index contributed by atoms with van der Waals surface area (Å²) < 4.78 is 5.41. The highest BCUT2D eigenvalue weighted by atomic mass is 16.5. The molecule has 0 aromatic carbocycles. The van der Waals surface area contributed by atoms with Gasteiger partial charge >= 0.3 is 0 Å². The van der Waals surface area contributed by atoms with Crippen molar-refractivity contribution in [3.05, 3.63) is 24.3 Å². The third kappa shape index (κ3) is 3.87. The van der Waals surface area contributed by atoms with Gasteiger partial charge in [-0.1, -0.05) is 6.42 Å². The van der Waals surface area contributed by atoms with Crippen LogP contribution in [0.1, 0.15) is 29.8 Å². The van der Waals surface area contributed by atoms with E-state index >= 15 is 0 Å². The molecule has 0 amide bonds. The van der Waals surface area contributed by atoms with E-state index in [-0.39, 0.29) is 12.4 Å². The summed E-state index contributed by atoms with van der Waals surface area (Å²) >= 11 is 0. The maximum absolute atomic E-state index is 11.6. The van der Waals surface area contributed by atoms with Gasteiger partial charge in [0.15, 0.2) is 0 Å². The molecular formula is C12H17N3O2. The van der Waals surface area contributed by atoms with Crippen molar-refractivity contribution in [2.45, 2.75) is 25.3 Å². The third-order valence-electron chi connectivity index (χ3n) is 2.81. The number of nitrogens with one attached hydrogen (secondary N) is 1. The lowest BCUT2D eigenvalue weighted by Gasteiger charge is -2.22. The molecule has 0 saturated carbocycles. The molecule has 17 heavy (non-hydrogen) atoms. The van der Waals surface area contributed by atoms with Gasteiger partial charge in [0.05, 0.1) is 12.8 Å². The molecule has 5 nitrogen and oxygen atoms in total. The third-order valence-corrected chi connectivity index (χ3v) is 2.81. The van der Waals surface area contributed by atoms with Crippen LogP contribution in [0.15, 0.2) is 18.6 Å². The van der Waals surface area contributed by atoms with Gasteiger partial charge < -0.3 is 10.1 Å². The number of Topliss-reactive ketones (excluding diaryl/α,β-unsaturated/α-hetero) is 1. The van der Waals surface area contributed by atoms with Gasteiger partial charge in [0.2, 0.25) is 5.78 Å². The largest absolute Gasteiger partial charge is 0.372 e. The van der Waals surface area contributed by atoms with E-state index in [1.807, 2.05) is 0 Å². The van der Waals surface area contributed by atoms with Gasteiger partial charge in [0.25, 0.3) is 0 Å². The van der Waals surface area contributed by atoms with Crippen LogP contribution in [0.25, 0.3) is 0 Å². The summed E-state index contributed by atoms with van der Waals surface area (Å²) in [6.07, 6.45) is 8.11. The van der Waals surface area contributed by atoms with Crippen LogP contribution in [0.2, 0.25) is 0 Å². The first kappa shape index (κ1) is 12.1. The first-order chi connectivity index (χ1) is 8.36. The monoisotopic (exact) mass is 235 g/mol. The highest BCUT2D eigenvalue weighted by Crippen LogP contribution is 2.07. The number of aromatic nitrogens is 2. The molecular weight excluding hydrogens is 218 g/mol. The standard InChI is InChI=1S/C12H17N3O2/c16-12(11-7-13-5-6-15-11)9-17-8-10-3-1-2-4-14-10/h5-7,10,14H,1-4,8-9H2/t10-/m0/s1. The van der Waals surface area contributed by atoms with Gasteiger partial charge in [-0.15, -0.1) is 0 Å². The van der Waals surface area contributed by atoms with Crippen LogP contribution in [0.3, 0.4) is 0 Å². The van der Waals surface area contributed by atoms with Crippen molar-refractivity contribution >= 4 is 5.78 Å². The normalized spacial score (nSPS) is 20.1. The maximum Gasteiger partial charge on any atom is 0.208 e. The van der Waals surface area contributed by atoms with Crippen LogP contribution < -0.4 is 5.32 Å². The highest BCUT2D eigenvalue weighted by Gasteiger charge is 2.14. The average Bonchev–Trinajstić information content (AvgIpc) is 2.41. The van der Waals surface area contributed by atoms with Gasteiger partial charge in [0.1, 0.15) is 12.3 Å². The zero-order valence-corrected chi connectivity index (χ0v) is 9.76. The lowest BCUT2D eigenvalue weighted by atomic mass is 10.1. The molecule has 92 valence electrons. The molecule has 1 aromatic heterocycles. The number of rotatable bonds is 5. The smallest absolute Gasteiger partial charge is 0.208 e. The zero-order chi connectivity index (χ0) is 11.9. The zero-order valence-electron chi connectivity index (χ0n) is 9.76. The molecule has 1 aliphatic rings. The van der Waals surface area contributed by atoms with Crippen molar-refractivity contribution in [3.63, 3.8) is 0 Å². The minimum atomic E-state index is -0.117. The van der Waals surface area contributed by atoms with E-state index in [1.54, 1.807) is 6.20 Å². The number of hydrogen-bond acceptors (Lipinski definition) is 5. The summed E-state index contributed by atoms with van der Waals surface area (Å²) in [7, 11) is 0. The summed E-state index contributed by atoms with van der Waals surface area (Å²) in [6, 6.07) is 0.387. The number of piperidine rings is 1. The molecule has 1 aromatic rings. The minimum Gasteiger partial charge on any atom is -0.372 e. The minimum absolute atomic E-state index is 0.0802. The molecule has 5 heteroatoms. The summed E-state index contributed by atoms with van der Waals surface area (Å²) in [6.45, 7) is 1.72. The van der Waals surface area contributed by atoms with Gasteiger partial charge in [-0.2, -0.15) is 0 Å². The van der Waals surface area contributed by atoms with Crippen LogP contribution >= 0.6 is 0 Å². The van der Waals surface area contributed by atoms with Crippen LogP contribution in [-0.2, 0) is 4.74 Å². The van der Waals surface area contributed by atoms with Crippen LogP contribution in [0.4, 0.5) is 0 Å². The summed E-state index contributed by atoms with van der Waals surface area (Å²) in [5.41, 5.74) is 0.365. The van der Waals surface area contributed by atoms with E-state index in [0.717, 1.165) is 13.0 Å². The summed E-state index contributed by atoms with van der Waals surface area (Å²) in [4.78, 5) is 19.4. The molecule has 1 aliphatic heterocycles. The predicted molar refractivity (Wildman–Crippen MR) is 62.8 cm³/mol. The molecule has 1 N–H and O–H groups in total. The first-order valence-electron chi connectivity index (χ1n) is 5.96. The first-order valence-corrected chi connectivity index (χ1v) is 5.96. The van der Waals surface area contributed by atoms with E-state index in [4.69, 9.17) is 4.74 Å². The summed E-state index contributed by atoms with van der Waals surface area (Å²) in [5.74, 6) is -0.117. The molecule has 1 saturated heterocycles. The van der Waals surface area contributed by atoms with Crippen molar-refractivity contribution in [2.24, 2.45) is 0 Å². The van der Waals surface area contributed by atoms with Crippen molar-refractivity contribution in [3.8, 4) is 0 Å². The van der Waals surface area contributed by atoms with E-state index in [1.165, 1.54) is 25.2 Å². The summed E-state index contributed by atoms with van der Waals surface area (Å²) in [5, 5.41) is 3.37. The van der Waals surface area contributed by atoms with Crippen LogP contribution in [-0.4, -0.2) is 41.6 Å². The fourth-order valence-corrected chi connectivity index (χ4v) is 1.88. The Morgan fingerprint density at radius 3 is 3.12 bits per heavy atom. The topological polar surface area (TPSA) is 64.1 Å². The number of nitrogens with zero attached hydrogens (tertiary/aromatic N) is 2. The SMILES string of the molecule is O=C(COC[C@@H]1CCCCN1)c1cnccn1. The lowest BCUT2D eigenvalue weighted by Crippen LogP contribution is -2.38. The van der Waals surface area contributed by atoms with E-state index in [0.29, 0.717) is 18.3 Å². The number of carbonyl (C=O) groups is 1. The number of ketones is 1. The predicted octanol–water partition coefficient (Wildman–Crippen LogP) is 0.818. The van der Waals surface area contributed by atoms with Crippen LogP contribution in [0.5, 0.6) is 0 Å². The molecule has 0 bridgehead atoms. The molecule has 0 unspecified atom stereocenters. The maximum atomic E-state index is 11.6. The average molecular weight is 235 g/mol. The molecule has 1 atom stereocenters. The van der Waals surface area contributed by atoms with Crippen molar-refractivity contribution in [2.75, 3.05) is 19.8 Å². The van der Waals surface area contributed by atoms with Crippen molar-refractivity contribution in [1.82, 2.24) is 15.3 Å². The number of carbonyl (C=O) groups excluding carboxylic acids is 1. The quantitative estimate of drug-likeness (QED) is 0.765. The lowest BCUT2D eigenvalue weighted by molar-refractivity contribution is 0.0686. The van der Waals surface area contributed by atoms with Gasteiger partial charge in [-0.25, -0.2) is 4.98 Å². The second kappa shape index (κ2) is 6.42.